The third-order valence-corrected chi connectivity index (χ3v) is 10.6. The fraction of sp³-hybridized carbons (Fsp3) is 0.316. The van der Waals surface area contributed by atoms with Crippen molar-refractivity contribution in [1.82, 2.24) is 39.6 Å². The molecule has 3 aromatic heterocycles. The number of para-hydroxylation sites is 4. The summed E-state index contributed by atoms with van der Waals surface area (Å²) in [6.45, 7) is 1.57. The molecule has 5 heterocycles. The van der Waals surface area contributed by atoms with Crippen LogP contribution >= 0.6 is 11.6 Å². The van der Waals surface area contributed by atoms with E-state index < -0.39 is 5.95 Å². The molecule has 4 unspecified atom stereocenters. The average Bonchev–Trinajstić information content (AvgIpc) is 3.76. The Bertz CT molecular complexity index is 1910. The Hall–Kier alpha value is -4.84. The first-order chi connectivity index (χ1) is 24.3. The molecule has 0 radical (unpaired) electrons. The highest BCUT2D eigenvalue weighted by atomic mass is 35.5. The predicted octanol–water partition coefficient (Wildman–Crippen LogP) is 7.86. The highest BCUT2D eigenvalue weighted by Gasteiger charge is 2.43. The van der Waals surface area contributed by atoms with E-state index in [-0.39, 0.29) is 30.2 Å². The minimum absolute atomic E-state index is 0.0228. The summed E-state index contributed by atoms with van der Waals surface area (Å²) in [6.07, 6.45) is 4.38. The maximum atomic E-state index is 15.4. The minimum Gasteiger partial charge on any atom is -0.341 e. The van der Waals surface area contributed by atoms with Crippen LogP contribution in [0.3, 0.4) is 0 Å². The third kappa shape index (κ3) is 6.21. The number of halogens is 2. The molecule has 12 heteroatoms. The van der Waals surface area contributed by atoms with Gasteiger partial charge in [-0.2, -0.15) is 4.39 Å². The summed E-state index contributed by atoms with van der Waals surface area (Å²) in [4.78, 5) is 44.8. The Morgan fingerprint density at radius 1 is 0.760 bits per heavy atom. The normalized spacial score (nSPS) is 21.8. The zero-order valence-corrected chi connectivity index (χ0v) is 28.8. The second kappa shape index (κ2) is 13.5. The van der Waals surface area contributed by atoms with Gasteiger partial charge in [0.05, 0.1) is 51.7 Å². The lowest BCUT2D eigenvalue weighted by Crippen LogP contribution is -2.57. The Morgan fingerprint density at radius 3 is 1.78 bits per heavy atom. The van der Waals surface area contributed by atoms with E-state index in [0.717, 1.165) is 59.6 Å². The predicted molar refractivity (Wildman–Crippen MR) is 194 cm³/mol. The Kier molecular flexibility index (Phi) is 8.72. The number of benzene rings is 3. The van der Waals surface area contributed by atoms with E-state index in [0.29, 0.717) is 29.2 Å². The molecule has 10 nitrogen and oxygen atoms in total. The Balaban J connectivity index is 1.19. The van der Waals surface area contributed by atoms with Crippen LogP contribution in [-0.2, 0) is 0 Å². The summed E-state index contributed by atoms with van der Waals surface area (Å²) >= 11 is 6.30. The lowest BCUT2D eigenvalue weighted by Gasteiger charge is -2.48. The Morgan fingerprint density at radius 2 is 1.28 bits per heavy atom. The van der Waals surface area contributed by atoms with Gasteiger partial charge in [-0.1, -0.05) is 35.9 Å². The van der Waals surface area contributed by atoms with Crippen molar-refractivity contribution in [3.05, 3.63) is 114 Å². The molecule has 8 rings (SSSR count). The molecule has 2 amide bonds. The number of aromatic nitrogens is 5. The number of hydrogen-bond donors (Lipinski definition) is 2. The maximum Gasteiger partial charge on any atom is 0.329 e. The van der Waals surface area contributed by atoms with Gasteiger partial charge in [-0.3, -0.25) is 14.7 Å². The lowest BCUT2D eigenvalue weighted by molar-refractivity contribution is 0.0383. The van der Waals surface area contributed by atoms with Crippen molar-refractivity contribution in [2.24, 2.45) is 0 Å². The molecule has 2 aliphatic heterocycles. The van der Waals surface area contributed by atoms with Crippen LogP contribution in [0.25, 0.3) is 22.1 Å². The molecule has 0 spiro atoms. The molecule has 2 aliphatic rings. The van der Waals surface area contributed by atoms with Crippen molar-refractivity contribution < 1.29 is 9.18 Å². The van der Waals surface area contributed by atoms with Crippen molar-refractivity contribution in [2.75, 3.05) is 32.1 Å². The number of likely N-dealkylation sites (tertiary alicyclic amines) is 2. The van der Waals surface area contributed by atoms with Gasteiger partial charge in [0.1, 0.15) is 11.6 Å². The second-order valence-electron chi connectivity index (χ2n) is 13.5. The third-order valence-electron chi connectivity index (χ3n) is 10.4. The van der Waals surface area contributed by atoms with Crippen LogP contribution in [-0.4, -0.2) is 84.9 Å². The van der Waals surface area contributed by atoms with Gasteiger partial charge in [0.15, 0.2) is 0 Å². The molecule has 3 aromatic carbocycles. The summed E-state index contributed by atoms with van der Waals surface area (Å²) < 4.78 is 14.1. The topological polar surface area (TPSA) is 100 Å². The number of nitrogens with zero attached hydrogens (tertiary/aromatic N) is 7. The van der Waals surface area contributed by atoms with Crippen molar-refractivity contribution in [3.63, 3.8) is 0 Å². The monoisotopic (exact) mass is 691 g/mol. The van der Waals surface area contributed by atoms with Gasteiger partial charge in [0.25, 0.3) is 0 Å². The quantitative estimate of drug-likeness (QED) is 0.173. The van der Waals surface area contributed by atoms with Crippen LogP contribution in [0.5, 0.6) is 0 Å². The van der Waals surface area contributed by atoms with Gasteiger partial charge in [0, 0.05) is 30.2 Å². The summed E-state index contributed by atoms with van der Waals surface area (Å²) in [5.74, 6) is 1.18. The molecule has 0 saturated carbocycles. The minimum atomic E-state index is -0.609. The van der Waals surface area contributed by atoms with Gasteiger partial charge in [-0.05, 0) is 100 Å². The largest absolute Gasteiger partial charge is 0.341 e. The second-order valence-corrected chi connectivity index (χ2v) is 13.9. The molecule has 4 atom stereocenters. The summed E-state index contributed by atoms with van der Waals surface area (Å²) in [5, 5.41) is 0.559. The number of carbonyl (C=O) groups excluding carboxylic acids is 1. The van der Waals surface area contributed by atoms with Crippen LogP contribution in [0.15, 0.2) is 91.1 Å². The summed E-state index contributed by atoms with van der Waals surface area (Å²) in [6, 6.07) is 25.7. The number of aromatic amines is 2. The number of rotatable bonds is 6. The molecular weight excluding hydrogens is 653 g/mol. The first kappa shape index (κ1) is 32.4. The van der Waals surface area contributed by atoms with Crippen molar-refractivity contribution in [1.29, 1.82) is 0 Å². The van der Waals surface area contributed by atoms with E-state index in [2.05, 4.69) is 43.7 Å². The number of fused-ring (bicyclic) bond motifs is 2. The van der Waals surface area contributed by atoms with Crippen molar-refractivity contribution in [2.45, 2.75) is 49.9 Å². The lowest BCUT2D eigenvalue weighted by atomic mass is 9.90. The number of pyridine rings is 1. The standard InChI is InChI=1S/C38H39ClFN9O/c1-46-19-17-26(21-33(46)36-42-29-7-3-4-8-30(29)43-36)49(27-18-20-47(2)34(22-27)37-44-31-9-5-6-10-32(31)45-37)38(50)48(25-13-11-24(39)12-14-25)28-15-16-35(40)41-23-28/h3-16,23,26-27,33-34H,17-22H2,1-2H3,(H,42,43)(H,44,45). The van der Waals surface area contributed by atoms with Crippen LogP contribution in [0, 0.1) is 5.95 Å². The molecule has 50 heavy (non-hydrogen) atoms. The highest BCUT2D eigenvalue weighted by molar-refractivity contribution is 6.30. The maximum absolute atomic E-state index is 15.4. The molecular formula is C38H39ClFN9O. The number of nitrogens with one attached hydrogen (secondary N) is 2. The molecule has 2 N–H and O–H groups in total. The van der Waals surface area contributed by atoms with Crippen LogP contribution < -0.4 is 4.90 Å². The number of piperidine rings is 2. The molecule has 0 bridgehead atoms. The van der Waals surface area contributed by atoms with Crippen LogP contribution in [0.2, 0.25) is 5.02 Å². The van der Waals surface area contributed by atoms with Gasteiger partial charge in [-0.15, -0.1) is 0 Å². The number of anilines is 2. The van der Waals surface area contributed by atoms with Gasteiger partial charge < -0.3 is 14.9 Å². The first-order valence-electron chi connectivity index (χ1n) is 17.1. The van der Waals surface area contributed by atoms with Gasteiger partial charge in [-0.25, -0.2) is 19.7 Å². The van der Waals surface area contributed by atoms with Crippen molar-refractivity contribution >= 4 is 51.1 Å². The van der Waals surface area contributed by atoms with Gasteiger partial charge in [0.2, 0.25) is 5.95 Å². The van der Waals surface area contributed by atoms with E-state index in [1.54, 1.807) is 23.1 Å². The fourth-order valence-corrected chi connectivity index (χ4v) is 7.85. The molecule has 2 saturated heterocycles. The number of H-pyrrole nitrogens is 2. The van der Waals surface area contributed by atoms with E-state index in [9.17, 15) is 4.39 Å². The molecule has 0 aliphatic carbocycles. The van der Waals surface area contributed by atoms with E-state index >= 15 is 4.79 Å². The van der Waals surface area contributed by atoms with Crippen LogP contribution in [0.1, 0.15) is 49.4 Å². The SMILES string of the molecule is CN1CCC(N(C(=O)N(c2ccc(Cl)cc2)c2ccc(F)nc2)C2CCN(C)C(c3nc4ccccc4[nH]3)C2)CC1c1nc2ccccc2[nH]1. The number of urea groups is 1. The van der Waals surface area contributed by atoms with Crippen LogP contribution in [0.4, 0.5) is 20.6 Å². The molecule has 256 valence electrons. The smallest absolute Gasteiger partial charge is 0.329 e. The summed E-state index contributed by atoms with van der Waals surface area (Å²) in [7, 11) is 4.25. The van der Waals surface area contributed by atoms with E-state index in [4.69, 9.17) is 21.6 Å². The van der Waals surface area contributed by atoms with Gasteiger partial charge >= 0.3 is 6.03 Å². The fourth-order valence-electron chi connectivity index (χ4n) is 7.72. The van der Waals surface area contributed by atoms with E-state index in [1.807, 2.05) is 60.7 Å². The number of imidazole rings is 2. The molecule has 2 fully saturated rings. The number of amides is 2. The summed E-state index contributed by atoms with van der Waals surface area (Å²) in [5.41, 5.74) is 4.94. The first-order valence-corrected chi connectivity index (χ1v) is 17.5. The van der Waals surface area contributed by atoms with Crippen molar-refractivity contribution in [3.8, 4) is 0 Å². The highest BCUT2D eigenvalue weighted by Crippen LogP contribution is 2.39. The number of carbonyl (C=O) groups is 1. The number of hydrogen-bond acceptors (Lipinski definition) is 6. The Labute approximate surface area is 294 Å². The van der Waals surface area contributed by atoms with E-state index in [1.165, 1.54) is 12.3 Å². The zero-order valence-electron chi connectivity index (χ0n) is 28.0. The average molecular weight is 692 g/mol. The molecule has 6 aromatic rings. The zero-order chi connectivity index (χ0) is 34.4.